The maximum Gasteiger partial charge on any atom is 0.178 e. The molecule has 2 nitrogen and oxygen atoms in total. The number of aromatic amines is 1. The molecular formula is C12H12BrFN2S2. The zero-order chi connectivity index (χ0) is 12.7. The molecule has 0 radical (unpaired) electrons. The minimum Gasteiger partial charge on any atom is -0.331 e. The smallest absolute Gasteiger partial charge is 0.178 e. The van der Waals surface area contributed by atoms with Crippen LogP contribution in [0.15, 0.2) is 16.6 Å². The average Bonchev–Trinajstić information content (AvgIpc) is 2.66. The molecule has 0 bridgehead atoms. The monoisotopic (exact) mass is 346 g/mol. The van der Waals surface area contributed by atoms with E-state index in [0.29, 0.717) is 15.3 Å². The van der Waals surface area contributed by atoms with Gasteiger partial charge in [-0.05, 0) is 52.8 Å². The second-order valence-corrected chi connectivity index (χ2v) is 6.85. The van der Waals surface area contributed by atoms with Gasteiger partial charge >= 0.3 is 0 Å². The molecule has 6 heteroatoms. The predicted octanol–water partition coefficient (Wildman–Crippen LogP) is 4.67. The summed E-state index contributed by atoms with van der Waals surface area (Å²) in [5, 5.41) is 0. The van der Waals surface area contributed by atoms with E-state index in [4.69, 9.17) is 12.2 Å². The maximum absolute atomic E-state index is 13.7. The van der Waals surface area contributed by atoms with Crippen LogP contribution < -0.4 is 0 Å². The quantitative estimate of drug-likeness (QED) is 0.757. The summed E-state index contributed by atoms with van der Waals surface area (Å²) in [5.41, 5.74) is 1.76. The Balaban J connectivity index is 2.18. The summed E-state index contributed by atoms with van der Waals surface area (Å²) < 4.78 is 16.9. The number of benzene rings is 1. The summed E-state index contributed by atoms with van der Waals surface area (Å²) in [6.45, 7) is 0. The molecule has 2 heterocycles. The third kappa shape index (κ3) is 2.14. The van der Waals surface area contributed by atoms with E-state index >= 15 is 0 Å². The lowest BCUT2D eigenvalue weighted by atomic mass is 10.2. The van der Waals surface area contributed by atoms with Crippen LogP contribution in [0.3, 0.4) is 0 Å². The van der Waals surface area contributed by atoms with Crippen LogP contribution in [0.4, 0.5) is 4.39 Å². The summed E-state index contributed by atoms with van der Waals surface area (Å²) in [7, 11) is 0. The number of aromatic nitrogens is 2. The number of hydrogen-bond donors (Lipinski definition) is 1. The Morgan fingerprint density at radius 3 is 3.06 bits per heavy atom. The van der Waals surface area contributed by atoms with Crippen molar-refractivity contribution in [3.8, 4) is 0 Å². The van der Waals surface area contributed by atoms with Gasteiger partial charge in [-0.2, -0.15) is 11.8 Å². The standard InChI is InChI=1S/C12H12BrFN2S2/c13-8-4-10-11(5-9(8)14)16(12(17)15-10)7-2-1-3-18-6-7/h4-5,7H,1-3,6H2,(H,15,17). The van der Waals surface area contributed by atoms with Crippen LogP contribution in [0, 0.1) is 10.6 Å². The minimum absolute atomic E-state index is 0.242. The number of rotatable bonds is 1. The largest absolute Gasteiger partial charge is 0.331 e. The van der Waals surface area contributed by atoms with Crippen molar-refractivity contribution in [3.05, 3.63) is 27.2 Å². The number of nitrogens with one attached hydrogen (secondary N) is 1. The Morgan fingerprint density at radius 1 is 1.50 bits per heavy atom. The van der Waals surface area contributed by atoms with Gasteiger partial charge in [-0.1, -0.05) is 0 Å². The molecule has 2 aromatic rings. The van der Waals surface area contributed by atoms with Crippen molar-refractivity contribution in [1.29, 1.82) is 0 Å². The first-order valence-corrected chi connectivity index (χ1v) is 8.19. The minimum atomic E-state index is -0.242. The van der Waals surface area contributed by atoms with Crippen LogP contribution in [0.2, 0.25) is 0 Å². The predicted molar refractivity (Wildman–Crippen MR) is 80.4 cm³/mol. The number of thioether (sulfide) groups is 1. The van der Waals surface area contributed by atoms with E-state index < -0.39 is 0 Å². The highest BCUT2D eigenvalue weighted by molar-refractivity contribution is 9.10. The van der Waals surface area contributed by atoms with Gasteiger partial charge in [-0.15, -0.1) is 0 Å². The number of nitrogens with zero attached hydrogens (tertiary/aromatic N) is 1. The van der Waals surface area contributed by atoms with Crippen LogP contribution in [0.1, 0.15) is 18.9 Å². The molecule has 0 saturated carbocycles. The van der Waals surface area contributed by atoms with E-state index in [2.05, 4.69) is 25.5 Å². The first kappa shape index (κ1) is 12.7. The highest BCUT2D eigenvalue weighted by Gasteiger charge is 2.19. The van der Waals surface area contributed by atoms with Gasteiger partial charge in [0.05, 0.1) is 15.5 Å². The molecule has 1 atom stereocenters. The van der Waals surface area contributed by atoms with E-state index in [1.165, 1.54) is 12.2 Å². The van der Waals surface area contributed by atoms with Gasteiger partial charge in [0.25, 0.3) is 0 Å². The summed E-state index contributed by atoms with van der Waals surface area (Å²) in [4.78, 5) is 3.16. The Labute approximate surface area is 122 Å². The first-order chi connectivity index (χ1) is 8.66. The van der Waals surface area contributed by atoms with Crippen molar-refractivity contribution in [2.45, 2.75) is 18.9 Å². The zero-order valence-electron chi connectivity index (χ0n) is 9.58. The third-order valence-corrected chi connectivity index (χ3v) is 5.36. The van der Waals surface area contributed by atoms with Gasteiger partial charge in [-0.3, -0.25) is 0 Å². The van der Waals surface area contributed by atoms with Crippen molar-refractivity contribution < 1.29 is 4.39 Å². The Kier molecular flexibility index (Phi) is 3.51. The highest BCUT2D eigenvalue weighted by atomic mass is 79.9. The van der Waals surface area contributed by atoms with E-state index in [-0.39, 0.29) is 5.82 Å². The lowest BCUT2D eigenvalue weighted by Gasteiger charge is -2.23. The van der Waals surface area contributed by atoms with Gasteiger partial charge in [0.15, 0.2) is 4.77 Å². The van der Waals surface area contributed by atoms with Crippen LogP contribution in [-0.4, -0.2) is 21.1 Å². The Bertz CT molecular complexity index is 643. The molecule has 1 aromatic carbocycles. The molecule has 3 rings (SSSR count). The van der Waals surface area contributed by atoms with E-state index in [1.54, 1.807) is 12.1 Å². The summed E-state index contributed by atoms with van der Waals surface area (Å²) in [6, 6.07) is 3.70. The molecule has 0 spiro atoms. The lowest BCUT2D eigenvalue weighted by Crippen LogP contribution is -2.16. The molecule has 1 aliphatic heterocycles. The number of hydrogen-bond acceptors (Lipinski definition) is 2. The van der Waals surface area contributed by atoms with Crippen molar-refractivity contribution in [1.82, 2.24) is 9.55 Å². The number of H-pyrrole nitrogens is 1. The van der Waals surface area contributed by atoms with Crippen LogP contribution in [0.5, 0.6) is 0 Å². The van der Waals surface area contributed by atoms with E-state index in [9.17, 15) is 4.39 Å². The van der Waals surface area contributed by atoms with Crippen LogP contribution in [-0.2, 0) is 0 Å². The average molecular weight is 347 g/mol. The van der Waals surface area contributed by atoms with Gasteiger partial charge < -0.3 is 9.55 Å². The molecular weight excluding hydrogens is 335 g/mol. The normalized spacial score (nSPS) is 20.4. The molecule has 0 amide bonds. The van der Waals surface area contributed by atoms with Gasteiger partial charge in [0.1, 0.15) is 5.82 Å². The van der Waals surface area contributed by atoms with Gasteiger partial charge in [-0.25, -0.2) is 4.39 Å². The first-order valence-electron chi connectivity index (χ1n) is 5.84. The van der Waals surface area contributed by atoms with Crippen molar-refractivity contribution in [3.63, 3.8) is 0 Å². The SMILES string of the molecule is Fc1cc2c(cc1Br)[nH]c(=S)n2C1CCCSC1. The molecule has 1 aromatic heterocycles. The second-order valence-electron chi connectivity index (χ2n) is 4.45. The van der Waals surface area contributed by atoms with Crippen molar-refractivity contribution in [2.24, 2.45) is 0 Å². The van der Waals surface area contributed by atoms with Crippen LogP contribution >= 0.6 is 39.9 Å². The van der Waals surface area contributed by atoms with Gasteiger partial charge in [0, 0.05) is 17.9 Å². The van der Waals surface area contributed by atoms with Gasteiger partial charge in [0.2, 0.25) is 0 Å². The Morgan fingerprint density at radius 2 is 2.33 bits per heavy atom. The molecule has 1 N–H and O–H groups in total. The fourth-order valence-corrected chi connectivity index (χ4v) is 4.24. The van der Waals surface area contributed by atoms with Crippen LogP contribution in [0.25, 0.3) is 11.0 Å². The molecule has 1 aliphatic rings. The topological polar surface area (TPSA) is 20.7 Å². The number of halogens is 2. The third-order valence-electron chi connectivity index (χ3n) is 3.26. The highest BCUT2D eigenvalue weighted by Crippen LogP contribution is 2.31. The molecule has 18 heavy (non-hydrogen) atoms. The fraction of sp³-hybridized carbons (Fsp3) is 0.417. The molecule has 1 unspecified atom stereocenters. The summed E-state index contributed by atoms with van der Waals surface area (Å²) in [5.74, 6) is 2.03. The molecule has 1 saturated heterocycles. The Hall–Kier alpha value is -0.330. The van der Waals surface area contributed by atoms with Crippen molar-refractivity contribution >= 4 is 50.9 Å². The summed E-state index contributed by atoms with van der Waals surface area (Å²) >= 11 is 10.5. The zero-order valence-corrected chi connectivity index (χ0v) is 12.8. The molecule has 1 fully saturated rings. The number of fused-ring (bicyclic) bond motifs is 1. The fourth-order valence-electron chi connectivity index (χ4n) is 2.41. The van der Waals surface area contributed by atoms with E-state index in [0.717, 1.165) is 23.2 Å². The second kappa shape index (κ2) is 4.98. The van der Waals surface area contributed by atoms with Crippen molar-refractivity contribution in [2.75, 3.05) is 11.5 Å². The summed E-state index contributed by atoms with van der Waals surface area (Å²) in [6.07, 6.45) is 2.31. The maximum atomic E-state index is 13.7. The lowest BCUT2D eigenvalue weighted by molar-refractivity contribution is 0.505. The molecule has 96 valence electrons. The van der Waals surface area contributed by atoms with E-state index in [1.807, 2.05) is 11.8 Å². The molecule has 0 aliphatic carbocycles. The number of imidazole rings is 1.